The van der Waals surface area contributed by atoms with Gasteiger partial charge in [0.25, 0.3) is 0 Å². The second-order valence-electron chi connectivity index (χ2n) is 5.33. The lowest BCUT2D eigenvalue weighted by molar-refractivity contribution is -0.140. The van der Waals surface area contributed by atoms with Gasteiger partial charge in [-0.1, -0.05) is 60.7 Å². The number of benzene rings is 2. The summed E-state index contributed by atoms with van der Waals surface area (Å²) in [6.07, 6.45) is -0.495. The molecule has 0 N–H and O–H groups in total. The summed E-state index contributed by atoms with van der Waals surface area (Å²) in [5.74, 6) is -1.03. The predicted octanol–water partition coefficient (Wildman–Crippen LogP) is 2.79. The van der Waals surface area contributed by atoms with Crippen LogP contribution < -0.4 is 0 Å². The van der Waals surface area contributed by atoms with Gasteiger partial charge >= 0.3 is 11.7 Å². The van der Waals surface area contributed by atoms with E-state index in [0.29, 0.717) is 6.61 Å². The number of rotatable bonds is 5. The van der Waals surface area contributed by atoms with Gasteiger partial charge in [0.1, 0.15) is 12.0 Å². The Morgan fingerprint density at radius 3 is 2.35 bits per heavy atom. The van der Waals surface area contributed by atoms with Crippen LogP contribution in [0.15, 0.2) is 60.7 Å². The average molecular weight is 308 g/mol. The normalized spacial score (nSPS) is 20.2. The zero-order chi connectivity index (χ0) is 16.1. The minimum atomic E-state index is -0.602. The number of hydrogen-bond acceptors (Lipinski definition) is 3. The van der Waals surface area contributed by atoms with Crippen molar-refractivity contribution in [3.8, 4) is 0 Å². The van der Waals surface area contributed by atoms with Crippen LogP contribution in [0.1, 0.15) is 17.2 Å². The van der Waals surface area contributed by atoms with Crippen molar-refractivity contribution in [3.63, 3.8) is 0 Å². The van der Waals surface area contributed by atoms with E-state index in [2.05, 4.69) is 4.79 Å². The molecule has 5 heteroatoms. The van der Waals surface area contributed by atoms with Gasteiger partial charge in [-0.25, -0.2) is 4.79 Å². The molecular formula is C18H16N2O3. The van der Waals surface area contributed by atoms with Gasteiger partial charge in [0.15, 0.2) is 0 Å². The van der Waals surface area contributed by atoms with Crippen molar-refractivity contribution >= 4 is 11.7 Å². The first kappa shape index (κ1) is 15.2. The Morgan fingerprint density at radius 2 is 1.70 bits per heavy atom. The lowest BCUT2D eigenvalue weighted by Gasteiger charge is -2.15. The van der Waals surface area contributed by atoms with E-state index in [1.165, 1.54) is 0 Å². The van der Waals surface area contributed by atoms with E-state index in [4.69, 9.17) is 15.0 Å². The highest BCUT2D eigenvalue weighted by Gasteiger charge is 2.49. The van der Waals surface area contributed by atoms with Crippen LogP contribution in [0.25, 0.3) is 5.53 Å². The van der Waals surface area contributed by atoms with E-state index >= 15 is 0 Å². The van der Waals surface area contributed by atoms with E-state index in [-0.39, 0.29) is 12.3 Å². The third-order valence-corrected chi connectivity index (χ3v) is 3.80. The molecule has 1 saturated heterocycles. The Kier molecular flexibility index (Phi) is 4.62. The molecule has 0 aromatic heterocycles. The topological polar surface area (TPSA) is 71.9 Å². The standard InChI is InChI=1S/C18H16N2O3/c19-20-16-15(12-22-11-13-7-3-1-4-8-13)17(23-18(16)21)14-9-5-2-6-10-14/h1-10,15,17H,11-12H2/t15-,17+/m0/s1. The third-order valence-electron chi connectivity index (χ3n) is 3.80. The zero-order valence-electron chi connectivity index (χ0n) is 12.5. The molecule has 0 bridgehead atoms. The maximum absolute atomic E-state index is 11.9. The third kappa shape index (κ3) is 3.37. The number of nitrogens with zero attached hydrogens (tertiary/aromatic N) is 2. The van der Waals surface area contributed by atoms with Crippen molar-refractivity contribution in [3.05, 3.63) is 77.3 Å². The summed E-state index contributed by atoms with van der Waals surface area (Å²) in [7, 11) is 0. The minimum Gasteiger partial charge on any atom is -0.448 e. The molecule has 0 amide bonds. The summed E-state index contributed by atoms with van der Waals surface area (Å²) in [6.45, 7) is 0.658. The molecule has 1 heterocycles. The fourth-order valence-electron chi connectivity index (χ4n) is 2.65. The number of hydrogen-bond donors (Lipinski definition) is 0. The second-order valence-corrected chi connectivity index (χ2v) is 5.33. The fourth-order valence-corrected chi connectivity index (χ4v) is 2.65. The van der Waals surface area contributed by atoms with Crippen LogP contribution in [0.4, 0.5) is 0 Å². The molecule has 2 aromatic rings. The summed E-state index contributed by atoms with van der Waals surface area (Å²) in [4.78, 5) is 15.0. The minimum absolute atomic E-state index is 0.00640. The number of esters is 1. The fraction of sp³-hybridized carbons (Fsp3) is 0.222. The number of cyclic esters (lactones) is 1. The first-order chi connectivity index (χ1) is 11.3. The molecule has 2 atom stereocenters. The summed E-state index contributed by atoms with van der Waals surface area (Å²) in [6, 6.07) is 19.1. The predicted molar refractivity (Wildman–Crippen MR) is 83.5 cm³/mol. The van der Waals surface area contributed by atoms with Crippen LogP contribution in [0.3, 0.4) is 0 Å². The Balaban J connectivity index is 1.73. The van der Waals surface area contributed by atoms with Crippen LogP contribution in [-0.2, 0) is 20.9 Å². The first-order valence-corrected chi connectivity index (χ1v) is 7.39. The monoisotopic (exact) mass is 308 g/mol. The summed E-state index contributed by atoms with van der Waals surface area (Å²) in [5, 5.41) is 0. The van der Waals surface area contributed by atoms with Gasteiger partial charge in [0, 0.05) is 0 Å². The molecule has 23 heavy (non-hydrogen) atoms. The largest absolute Gasteiger partial charge is 0.448 e. The van der Waals surface area contributed by atoms with Crippen LogP contribution >= 0.6 is 0 Å². The maximum Gasteiger partial charge on any atom is 0.418 e. The summed E-state index contributed by atoms with van der Waals surface area (Å²) < 4.78 is 11.1. The van der Waals surface area contributed by atoms with Gasteiger partial charge < -0.3 is 15.0 Å². The molecule has 2 aromatic carbocycles. The molecule has 1 fully saturated rings. The van der Waals surface area contributed by atoms with E-state index in [1.807, 2.05) is 60.7 Å². The highest BCUT2D eigenvalue weighted by atomic mass is 16.6. The lowest BCUT2D eigenvalue weighted by Crippen LogP contribution is -2.23. The van der Waals surface area contributed by atoms with Crippen LogP contribution in [0, 0.1) is 5.92 Å². The highest BCUT2D eigenvalue weighted by Crippen LogP contribution is 2.33. The highest BCUT2D eigenvalue weighted by molar-refractivity contribution is 6.36. The van der Waals surface area contributed by atoms with Gasteiger partial charge in [-0.05, 0) is 11.1 Å². The molecule has 3 rings (SSSR count). The van der Waals surface area contributed by atoms with Crippen molar-refractivity contribution in [2.75, 3.05) is 6.61 Å². The van der Waals surface area contributed by atoms with Crippen molar-refractivity contribution in [2.24, 2.45) is 5.92 Å². The molecule has 0 aliphatic carbocycles. The lowest BCUT2D eigenvalue weighted by atomic mass is 9.94. The van der Waals surface area contributed by atoms with Crippen LogP contribution in [0.2, 0.25) is 0 Å². The molecule has 0 radical (unpaired) electrons. The van der Waals surface area contributed by atoms with Gasteiger partial charge in [-0.15, -0.1) is 0 Å². The van der Waals surface area contributed by atoms with Gasteiger partial charge in [0.2, 0.25) is 0 Å². The average Bonchev–Trinajstić information content (AvgIpc) is 2.92. The summed E-state index contributed by atoms with van der Waals surface area (Å²) >= 11 is 0. The molecule has 1 aliphatic heterocycles. The van der Waals surface area contributed by atoms with Crippen molar-refractivity contribution in [2.45, 2.75) is 12.7 Å². The number of carbonyl (C=O) groups is 1. The first-order valence-electron chi connectivity index (χ1n) is 7.39. The Labute approximate surface area is 134 Å². The number of carbonyl (C=O) groups excluding carboxylic acids is 1. The van der Waals surface area contributed by atoms with Crippen LogP contribution in [-0.4, -0.2) is 23.1 Å². The Bertz CT molecular complexity index is 724. The van der Waals surface area contributed by atoms with E-state index in [9.17, 15) is 4.79 Å². The van der Waals surface area contributed by atoms with E-state index < -0.39 is 18.0 Å². The Hall–Kier alpha value is -2.75. The molecule has 116 valence electrons. The SMILES string of the molecule is [N-]=[N+]=C1C(=O)O[C@H](c2ccccc2)[C@H]1COCc1ccccc1. The van der Waals surface area contributed by atoms with Gasteiger partial charge in [0.05, 0.1) is 13.2 Å². The number of ether oxygens (including phenoxy) is 2. The molecule has 5 nitrogen and oxygen atoms in total. The second kappa shape index (κ2) is 7.01. The van der Waals surface area contributed by atoms with E-state index in [0.717, 1.165) is 11.1 Å². The Morgan fingerprint density at radius 1 is 1.04 bits per heavy atom. The van der Waals surface area contributed by atoms with Gasteiger partial charge in [-0.2, -0.15) is 4.79 Å². The van der Waals surface area contributed by atoms with Crippen LogP contribution in [0.5, 0.6) is 0 Å². The molecule has 0 saturated carbocycles. The maximum atomic E-state index is 11.9. The summed E-state index contributed by atoms with van der Waals surface area (Å²) in [5.41, 5.74) is 11.0. The van der Waals surface area contributed by atoms with Crippen molar-refractivity contribution < 1.29 is 19.1 Å². The zero-order valence-corrected chi connectivity index (χ0v) is 12.5. The van der Waals surface area contributed by atoms with Gasteiger partial charge in [-0.3, -0.25) is 0 Å². The van der Waals surface area contributed by atoms with E-state index in [1.54, 1.807) is 0 Å². The van der Waals surface area contributed by atoms with Crippen molar-refractivity contribution in [1.82, 2.24) is 0 Å². The smallest absolute Gasteiger partial charge is 0.418 e. The molecule has 0 spiro atoms. The molecular weight excluding hydrogens is 292 g/mol. The molecule has 0 unspecified atom stereocenters. The quantitative estimate of drug-likeness (QED) is 0.484. The molecule has 1 aliphatic rings. The van der Waals surface area contributed by atoms with Crippen molar-refractivity contribution in [1.29, 1.82) is 0 Å².